The number of hydrogen-bond acceptors (Lipinski definition) is 5. The molecule has 0 saturated heterocycles. The molecule has 0 aliphatic carbocycles. The molecule has 2 N–H and O–H groups in total. The third-order valence-electron chi connectivity index (χ3n) is 3.88. The first kappa shape index (κ1) is 21.3. The van der Waals surface area contributed by atoms with Crippen molar-refractivity contribution in [3.05, 3.63) is 27.2 Å². The van der Waals surface area contributed by atoms with Gasteiger partial charge < -0.3 is 14.4 Å². The molecule has 2 rings (SSSR count). The summed E-state index contributed by atoms with van der Waals surface area (Å²) in [6, 6.07) is -0.412. The van der Waals surface area contributed by atoms with Gasteiger partial charge in [0.1, 0.15) is 5.52 Å². The molecule has 25 heavy (non-hydrogen) atoms. The van der Waals surface area contributed by atoms with Crippen molar-refractivity contribution in [2.24, 2.45) is 7.05 Å². The minimum atomic E-state index is -3.01. The summed E-state index contributed by atoms with van der Waals surface area (Å²) in [4.78, 5) is 40.0. The molecule has 0 bridgehead atoms. The molecule has 0 saturated carbocycles. The number of aromatic amines is 1. The zero-order chi connectivity index (χ0) is 19.0. The highest BCUT2D eigenvalue weighted by Gasteiger charge is 2.19. The van der Waals surface area contributed by atoms with Gasteiger partial charge in [-0.25, -0.2) is 9.78 Å². The predicted molar refractivity (Wildman–Crippen MR) is 97.3 cm³/mol. The van der Waals surface area contributed by atoms with Gasteiger partial charge in [-0.15, -0.1) is 0 Å². The number of aryl methyl sites for hydroxylation is 1. The Hall–Kier alpha value is -1.70. The van der Waals surface area contributed by atoms with Crippen molar-refractivity contribution in [3.8, 4) is 0 Å². The maximum absolute atomic E-state index is 12.4. The Morgan fingerprint density at radius 3 is 2.48 bits per heavy atom. The molecule has 2 atom stereocenters. The Bertz CT molecular complexity index is 808. The number of imidazole rings is 1. The molecule has 2 aromatic rings. The van der Waals surface area contributed by atoms with Gasteiger partial charge in [0.05, 0.1) is 12.9 Å². The maximum atomic E-state index is 12.4. The van der Waals surface area contributed by atoms with Gasteiger partial charge in [-0.2, -0.15) is 0 Å². The SMILES string of the molecule is CCC(CCO[PH](=O)O)n1c(=O)c2[nH]cnc2n(C)c1=O.CCCC. The lowest BCUT2D eigenvalue weighted by atomic mass is 10.1. The van der Waals surface area contributed by atoms with Crippen LogP contribution in [0.3, 0.4) is 0 Å². The fraction of sp³-hybridized carbons (Fsp3) is 0.667. The van der Waals surface area contributed by atoms with Crippen LogP contribution >= 0.6 is 8.25 Å². The third-order valence-corrected chi connectivity index (χ3v) is 4.33. The van der Waals surface area contributed by atoms with Gasteiger partial charge in [0.25, 0.3) is 5.56 Å². The first-order valence-electron chi connectivity index (χ1n) is 8.39. The van der Waals surface area contributed by atoms with Crippen LogP contribution in [0.2, 0.25) is 0 Å². The summed E-state index contributed by atoms with van der Waals surface area (Å²) in [7, 11) is -1.47. The van der Waals surface area contributed by atoms with E-state index in [-0.39, 0.29) is 12.1 Å². The van der Waals surface area contributed by atoms with Crippen molar-refractivity contribution in [2.75, 3.05) is 6.61 Å². The first-order chi connectivity index (χ1) is 11.9. The molecule has 2 unspecified atom stereocenters. The summed E-state index contributed by atoms with van der Waals surface area (Å²) in [6.45, 7) is 6.19. The van der Waals surface area contributed by atoms with E-state index in [1.807, 2.05) is 6.92 Å². The molecule has 9 nitrogen and oxygen atoms in total. The van der Waals surface area contributed by atoms with Crippen LogP contribution in [0.25, 0.3) is 11.2 Å². The number of unbranched alkanes of at least 4 members (excludes halogenated alkanes) is 1. The molecule has 2 heterocycles. The van der Waals surface area contributed by atoms with Crippen molar-refractivity contribution in [3.63, 3.8) is 0 Å². The lowest BCUT2D eigenvalue weighted by Gasteiger charge is -2.17. The Kier molecular flexibility index (Phi) is 8.82. The summed E-state index contributed by atoms with van der Waals surface area (Å²) in [5, 5.41) is 0. The first-order valence-corrected chi connectivity index (χ1v) is 9.65. The van der Waals surface area contributed by atoms with E-state index in [1.165, 1.54) is 30.8 Å². The second-order valence-electron chi connectivity index (χ2n) is 5.58. The highest BCUT2D eigenvalue weighted by Crippen LogP contribution is 2.19. The molecule has 0 amide bonds. The van der Waals surface area contributed by atoms with Crippen LogP contribution in [0.1, 0.15) is 52.5 Å². The Morgan fingerprint density at radius 1 is 1.32 bits per heavy atom. The van der Waals surface area contributed by atoms with Crippen LogP contribution in [0.5, 0.6) is 0 Å². The third kappa shape index (κ3) is 5.39. The number of nitrogens with one attached hydrogen (secondary N) is 1. The fourth-order valence-corrected chi connectivity index (χ4v) is 2.57. The van der Waals surface area contributed by atoms with Crippen LogP contribution in [0.15, 0.2) is 15.9 Å². The topological polar surface area (TPSA) is 119 Å². The monoisotopic (exact) mass is 374 g/mol. The second kappa shape index (κ2) is 10.3. The normalized spacial score (nSPS) is 13.3. The molecule has 10 heteroatoms. The van der Waals surface area contributed by atoms with Crippen LogP contribution in [0.4, 0.5) is 0 Å². The van der Waals surface area contributed by atoms with Gasteiger partial charge in [-0.3, -0.25) is 18.5 Å². The van der Waals surface area contributed by atoms with Gasteiger partial charge in [0.15, 0.2) is 5.65 Å². The molecule has 0 aliphatic rings. The van der Waals surface area contributed by atoms with E-state index in [0.717, 1.165) is 4.57 Å². The highest BCUT2D eigenvalue weighted by molar-refractivity contribution is 7.32. The molecule has 142 valence electrons. The molecular formula is C15H27N4O5P. The van der Waals surface area contributed by atoms with Crippen molar-refractivity contribution >= 4 is 19.4 Å². The second-order valence-corrected chi connectivity index (χ2v) is 6.40. The Morgan fingerprint density at radius 2 is 1.96 bits per heavy atom. The van der Waals surface area contributed by atoms with Crippen molar-refractivity contribution in [1.29, 1.82) is 0 Å². The van der Waals surface area contributed by atoms with Gasteiger partial charge in [-0.1, -0.05) is 33.6 Å². The van der Waals surface area contributed by atoms with Crippen LogP contribution in [0, 0.1) is 0 Å². The number of hydrogen-bond donors (Lipinski definition) is 2. The van der Waals surface area contributed by atoms with Crippen molar-refractivity contribution in [2.45, 2.75) is 52.5 Å². The number of nitrogens with zero attached hydrogens (tertiary/aromatic N) is 3. The summed E-state index contributed by atoms with van der Waals surface area (Å²) in [6.07, 6.45) is 4.81. The van der Waals surface area contributed by atoms with Gasteiger partial charge in [-0.05, 0) is 12.8 Å². The van der Waals surface area contributed by atoms with E-state index in [9.17, 15) is 14.2 Å². The van der Waals surface area contributed by atoms with Crippen LogP contribution in [-0.4, -0.2) is 30.6 Å². The number of H-pyrrole nitrogens is 1. The summed E-state index contributed by atoms with van der Waals surface area (Å²) in [5.74, 6) is 0. The van der Waals surface area contributed by atoms with Gasteiger partial charge in [0.2, 0.25) is 0 Å². The fourth-order valence-electron chi connectivity index (χ4n) is 2.28. The Balaban J connectivity index is 0.000000705. The maximum Gasteiger partial charge on any atom is 0.332 e. The molecule has 0 aromatic carbocycles. The average molecular weight is 374 g/mol. The average Bonchev–Trinajstić information content (AvgIpc) is 3.08. The van der Waals surface area contributed by atoms with E-state index >= 15 is 0 Å². The number of aromatic nitrogens is 4. The molecule has 0 radical (unpaired) electrons. The standard InChI is InChI=1S/C11H17N4O5P.C4H10/c1-3-7(4-5-20-21(18)19)15-10(16)8-9(13-6-12-8)14(2)11(15)17;1-3-4-2/h6-7,21H,3-5H2,1-2H3,(H,12,13)(H,18,19);3-4H2,1-2H3. The number of fused-ring (bicyclic) bond motifs is 1. The van der Waals surface area contributed by atoms with E-state index in [4.69, 9.17) is 4.89 Å². The summed E-state index contributed by atoms with van der Waals surface area (Å²) < 4.78 is 17.6. The lowest BCUT2D eigenvalue weighted by Crippen LogP contribution is -2.41. The molecule has 2 aromatic heterocycles. The summed E-state index contributed by atoms with van der Waals surface area (Å²) >= 11 is 0. The van der Waals surface area contributed by atoms with Gasteiger partial charge >= 0.3 is 13.9 Å². The van der Waals surface area contributed by atoms with E-state index in [2.05, 4.69) is 28.3 Å². The van der Waals surface area contributed by atoms with E-state index in [0.29, 0.717) is 18.5 Å². The van der Waals surface area contributed by atoms with Crippen LogP contribution in [-0.2, 0) is 16.1 Å². The molecule has 0 fully saturated rings. The van der Waals surface area contributed by atoms with Crippen molar-refractivity contribution in [1.82, 2.24) is 19.1 Å². The van der Waals surface area contributed by atoms with Crippen molar-refractivity contribution < 1.29 is 14.0 Å². The zero-order valence-electron chi connectivity index (χ0n) is 15.1. The minimum absolute atomic E-state index is 0.00338. The van der Waals surface area contributed by atoms with E-state index < -0.39 is 25.5 Å². The highest BCUT2D eigenvalue weighted by atomic mass is 31.1. The van der Waals surface area contributed by atoms with E-state index in [1.54, 1.807) is 0 Å². The lowest BCUT2D eigenvalue weighted by molar-refractivity contribution is 0.249. The van der Waals surface area contributed by atoms with Crippen LogP contribution < -0.4 is 11.2 Å². The predicted octanol–water partition coefficient (Wildman–Crippen LogP) is 1.97. The smallest absolute Gasteiger partial charge is 0.332 e. The number of rotatable bonds is 7. The molecule has 0 spiro atoms. The summed E-state index contributed by atoms with van der Waals surface area (Å²) in [5.41, 5.74) is -0.364. The Labute approximate surface area is 146 Å². The quantitative estimate of drug-likeness (QED) is 0.715. The zero-order valence-corrected chi connectivity index (χ0v) is 16.1. The molecule has 0 aliphatic heterocycles. The minimum Gasteiger partial charge on any atom is -0.339 e. The van der Waals surface area contributed by atoms with Gasteiger partial charge in [0, 0.05) is 13.1 Å². The largest absolute Gasteiger partial charge is 0.339 e. The molecular weight excluding hydrogens is 347 g/mol.